The summed E-state index contributed by atoms with van der Waals surface area (Å²) < 4.78 is 9.08. The molecule has 6 nitrogen and oxygen atoms in total. The highest BCUT2D eigenvalue weighted by Crippen LogP contribution is 2.03. The number of nitrogens with one attached hydrogen (secondary N) is 1. The Kier molecular flexibility index (Phi) is 8.32. The molecule has 104 valence electrons. The van der Waals surface area contributed by atoms with E-state index in [1.165, 1.54) is 6.92 Å². The molecular formula is C11H18ClNO5. The van der Waals surface area contributed by atoms with Crippen molar-refractivity contribution in [1.82, 2.24) is 5.32 Å². The summed E-state index contributed by atoms with van der Waals surface area (Å²) in [6.45, 7) is 5.34. The molecular weight excluding hydrogens is 262 g/mol. The van der Waals surface area contributed by atoms with Crippen molar-refractivity contribution >= 4 is 29.0 Å². The van der Waals surface area contributed by atoms with Gasteiger partial charge in [-0.15, -0.1) is 0 Å². The Morgan fingerprint density at radius 2 is 1.83 bits per heavy atom. The van der Waals surface area contributed by atoms with E-state index in [9.17, 15) is 14.4 Å². The van der Waals surface area contributed by atoms with Crippen molar-refractivity contribution in [2.75, 3.05) is 6.61 Å². The molecule has 0 saturated heterocycles. The Hall–Kier alpha value is -1.14. The topological polar surface area (TPSA) is 81.7 Å². The quantitative estimate of drug-likeness (QED) is 0.433. The van der Waals surface area contributed by atoms with Crippen LogP contribution in [-0.2, 0) is 19.1 Å². The molecule has 2 atom stereocenters. The molecule has 0 aromatic rings. The summed E-state index contributed by atoms with van der Waals surface area (Å²) in [4.78, 5) is 33.3. The van der Waals surface area contributed by atoms with Crippen LogP contribution < -0.4 is 5.32 Å². The molecule has 0 aromatic heterocycles. The second kappa shape index (κ2) is 8.88. The summed E-state index contributed by atoms with van der Waals surface area (Å²) in [7, 11) is 0. The monoisotopic (exact) mass is 279 g/mol. The number of carbonyl (C=O) groups excluding carboxylic acids is 3. The second-order valence-corrected chi connectivity index (χ2v) is 3.95. The van der Waals surface area contributed by atoms with Gasteiger partial charge in [0.05, 0.1) is 6.61 Å². The minimum atomic E-state index is -1.20. The van der Waals surface area contributed by atoms with Crippen LogP contribution in [0, 0.1) is 0 Å². The molecule has 0 unspecified atom stereocenters. The average molecular weight is 280 g/mol. The van der Waals surface area contributed by atoms with Gasteiger partial charge in [0.15, 0.2) is 0 Å². The van der Waals surface area contributed by atoms with Gasteiger partial charge in [-0.05, 0) is 20.3 Å². The zero-order valence-corrected chi connectivity index (χ0v) is 11.5. The first-order valence-corrected chi connectivity index (χ1v) is 6.13. The predicted octanol–water partition coefficient (Wildman–Crippen LogP) is 1.60. The SMILES string of the molecule is CCC[C@H](N[C@@H](C)C(=O)OC(=O)Cl)C(=O)OCC. The maximum Gasteiger partial charge on any atom is 0.411 e. The molecule has 0 amide bonds. The Labute approximate surface area is 111 Å². The molecule has 0 rings (SSSR count). The molecule has 18 heavy (non-hydrogen) atoms. The van der Waals surface area contributed by atoms with Crippen molar-refractivity contribution in [2.24, 2.45) is 0 Å². The van der Waals surface area contributed by atoms with Crippen LogP contribution in [0.4, 0.5) is 4.79 Å². The highest BCUT2D eigenvalue weighted by molar-refractivity contribution is 6.61. The number of ether oxygens (including phenoxy) is 2. The van der Waals surface area contributed by atoms with Gasteiger partial charge in [-0.1, -0.05) is 13.3 Å². The zero-order valence-electron chi connectivity index (χ0n) is 10.7. The fraction of sp³-hybridized carbons (Fsp3) is 0.727. The molecule has 0 heterocycles. The largest absolute Gasteiger partial charge is 0.465 e. The van der Waals surface area contributed by atoms with Gasteiger partial charge >= 0.3 is 17.4 Å². The van der Waals surface area contributed by atoms with E-state index < -0.39 is 29.5 Å². The van der Waals surface area contributed by atoms with E-state index in [1.807, 2.05) is 6.92 Å². The number of hydrogen-bond donors (Lipinski definition) is 1. The van der Waals surface area contributed by atoms with E-state index in [2.05, 4.69) is 10.1 Å². The number of esters is 2. The fourth-order valence-corrected chi connectivity index (χ4v) is 1.41. The lowest BCUT2D eigenvalue weighted by Gasteiger charge is -2.19. The van der Waals surface area contributed by atoms with Gasteiger partial charge in [-0.2, -0.15) is 0 Å². The third-order valence-electron chi connectivity index (χ3n) is 2.13. The van der Waals surface area contributed by atoms with Crippen molar-refractivity contribution in [3.8, 4) is 0 Å². The number of hydrogen-bond acceptors (Lipinski definition) is 6. The van der Waals surface area contributed by atoms with E-state index in [4.69, 9.17) is 16.3 Å². The molecule has 0 aromatic carbocycles. The number of rotatable bonds is 7. The van der Waals surface area contributed by atoms with Gasteiger partial charge in [0.1, 0.15) is 12.1 Å². The standard InChI is InChI=1S/C11H18ClNO5/c1-4-6-8(10(15)17-5-2)13-7(3)9(14)18-11(12)16/h7-8,13H,4-6H2,1-3H3/t7-,8-/m0/s1. The third kappa shape index (κ3) is 6.56. The van der Waals surface area contributed by atoms with Gasteiger partial charge < -0.3 is 9.47 Å². The van der Waals surface area contributed by atoms with Crippen molar-refractivity contribution in [2.45, 2.75) is 45.7 Å². The average Bonchev–Trinajstić information content (AvgIpc) is 2.27. The lowest BCUT2D eigenvalue weighted by atomic mass is 10.1. The smallest absolute Gasteiger partial charge is 0.411 e. The van der Waals surface area contributed by atoms with Crippen LogP contribution in [0.15, 0.2) is 0 Å². The highest BCUT2D eigenvalue weighted by atomic mass is 35.5. The van der Waals surface area contributed by atoms with Crippen LogP contribution >= 0.6 is 11.6 Å². The van der Waals surface area contributed by atoms with Crippen molar-refractivity contribution in [3.63, 3.8) is 0 Å². The van der Waals surface area contributed by atoms with E-state index in [-0.39, 0.29) is 6.61 Å². The van der Waals surface area contributed by atoms with Gasteiger partial charge in [0, 0.05) is 11.6 Å². The van der Waals surface area contributed by atoms with E-state index in [1.54, 1.807) is 6.92 Å². The molecule has 0 bridgehead atoms. The molecule has 0 fully saturated rings. The molecule has 7 heteroatoms. The maximum atomic E-state index is 11.6. The van der Waals surface area contributed by atoms with Gasteiger partial charge in [-0.3, -0.25) is 10.1 Å². The lowest BCUT2D eigenvalue weighted by Crippen LogP contribution is -2.47. The predicted molar refractivity (Wildman–Crippen MR) is 65.3 cm³/mol. The normalized spacial score (nSPS) is 13.6. The van der Waals surface area contributed by atoms with Crippen LogP contribution in [0.1, 0.15) is 33.6 Å². The Morgan fingerprint density at radius 1 is 1.22 bits per heavy atom. The van der Waals surface area contributed by atoms with Crippen LogP contribution in [-0.4, -0.2) is 36.1 Å². The number of halogens is 1. The van der Waals surface area contributed by atoms with Gasteiger partial charge in [-0.25, -0.2) is 9.59 Å². The van der Waals surface area contributed by atoms with E-state index >= 15 is 0 Å². The molecule has 0 radical (unpaired) electrons. The molecule has 0 saturated carbocycles. The van der Waals surface area contributed by atoms with Crippen molar-refractivity contribution < 1.29 is 23.9 Å². The van der Waals surface area contributed by atoms with Crippen LogP contribution in [0.3, 0.4) is 0 Å². The summed E-state index contributed by atoms with van der Waals surface area (Å²) >= 11 is 4.93. The van der Waals surface area contributed by atoms with Crippen molar-refractivity contribution in [3.05, 3.63) is 0 Å². The molecule has 0 spiro atoms. The summed E-state index contributed by atoms with van der Waals surface area (Å²) in [5.41, 5.74) is -1.20. The first-order valence-electron chi connectivity index (χ1n) is 5.76. The Morgan fingerprint density at radius 3 is 2.28 bits per heavy atom. The second-order valence-electron chi connectivity index (χ2n) is 3.64. The highest BCUT2D eigenvalue weighted by Gasteiger charge is 2.25. The lowest BCUT2D eigenvalue weighted by molar-refractivity contribution is -0.147. The Bertz CT molecular complexity index is 308. The third-order valence-corrected chi connectivity index (χ3v) is 2.21. The summed E-state index contributed by atoms with van der Waals surface area (Å²) in [6.07, 6.45) is 1.26. The minimum absolute atomic E-state index is 0.264. The number of carbonyl (C=O) groups is 3. The summed E-state index contributed by atoms with van der Waals surface area (Å²) in [5, 5.41) is 2.75. The summed E-state index contributed by atoms with van der Waals surface area (Å²) in [5.74, 6) is -1.27. The first-order chi connectivity index (χ1) is 8.42. The maximum absolute atomic E-state index is 11.6. The van der Waals surface area contributed by atoms with Gasteiger partial charge in [0.25, 0.3) is 0 Å². The minimum Gasteiger partial charge on any atom is -0.465 e. The molecule has 0 aliphatic rings. The zero-order chi connectivity index (χ0) is 14.1. The van der Waals surface area contributed by atoms with Crippen molar-refractivity contribution in [1.29, 1.82) is 0 Å². The molecule has 1 N–H and O–H groups in total. The van der Waals surface area contributed by atoms with Gasteiger partial charge in [0.2, 0.25) is 0 Å². The molecule has 0 aliphatic heterocycles. The van der Waals surface area contributed by atoms with E-state index in [0.29, 0.717) is 6.42 Å². The first kappa shape index (κ1) is 16.9. The fourth-order valence-electron chi connectivity index (χ4n) is 1.34. The van der Waals surface area contributed by atoms with Crippen LogP contribution in [0.2, 0.25) is 0 Å². The van der Waals surface area contributed by atoms with Crippen LogP contribution in [0.5, 0.6) is 0 Å². The van der Waals surface area contributed by atoms with Crippen LogP contribution in [0.25, 0.3) is 0 Å². The summed E-state index contributed by atoms with van der Waals surface area (Å²) in [6, 6.07) is -1.43. The van der Waals surface area contributed by atoms with E-state index in [0.717, 1.165) is 6.42 Å². The molecule has 0 aliphatic carbocycles. The Balaban J connectivity index is 4.43.